The van der Waals surface area contributed by atoms with Crippen LogP contribution >= 0.6 is 0 Å². The molecule has 3 aromatic carbocycles. The van der Waals surface area contributed by atoms with E-state index < -0.39 is 0 Å². The maximum Gasteiger partial charge on any atom is 0.0973 e. The van der Waals surface area contributed by atoms with E-state index in [1.807, 2.05) is 0 Å². The number of piperazine rings is 1. The quantitative estimate of drug-likeness (QED) is 0.538. The summed E-state index contributed by atoms with van der Waals surface area (Å²) in [5.74, 6) is 0. The van der Waals surface area contributed by atoms with Gasteiger partial charge in [-0.25, -0.2) is 0 Å². The Hall–Kier alpha value is -2.46. The highest BCUT2D eigenvalue weighted by atomic mass is 16.5. The molecule has 30 heavy (non-hydrogen) atoms. The van der Waals surface area contributed by atoms with Crippen LogP contribution in [0.15, 0.2) is 91.0 Å². The Bertz CT molecular complexity index is 801. The molecular weight excluding hydrogens is 368 g/mol. The van der Waals surface area contributed by atoms with Gasteiger partial charge in [0.05, 0.1) is 5.54 Å². The van der Waals surface area contributed by atoms with E-state index in [-0.39, 0.29) is 5.54 Å². The van der Waals surface area contributed by atoms with Crippen LogP contribution in [0.5, 0.6) is 0 Å². The maximum absolute atomic E-state index is 5.42. The van der Waals surface area contributed by atoms with Crippen molar-refractivity contribution in [3.05, 3.63) is 108 Å². The van der Waals surface area contributed by atoms with Crippen LogP contribution in [0, 0.1) is 0 Å². The lowest BCUT2D eigenvalue weighted by molar-refractivity contribution is 0.0302. The van der Waals surface area contributed by atoms with Crippen molar-refractivity contribution in [1.29, 1.82) is 0 Å². The minimum absolute atomic E-state index is 0.323. The van der Waals surface area contributed by atoms with Crippen molar-refractivity contribution in [1.82, 2.24) is 9.80 Å². The Kier molecular flexibility index (Phi) is 6.63. The first kappa shape index (κ1) is 20.8. The van der Waals surface area contributed by atoms with Gasteiger partial charge in [-0.1, -0.05) is 91.0 Å². The van der Waals surface area contributed by atoms with Crippen molar-refractivity contribution >= 4 is 0 Å². The average molecular weight is 401 g/mol. The molecule has 0 bridgehead atoms. The molecule has 0 aromatic heterocycles. The molecule has 3 heteroatoms. The standard InChI is InChI=1S/C27H32N2O/c1-28-19-20-29(22-26(28)18-21-30-2)27(23-12-6-3-7-13-23,24-14-8-4-9-15-24)25-16-10-5-11-17-25/h3-17,26H,18-22H2,1-2H3/t26-/m0/s1. The average Bonchev–Trinajstić information content (AvgIpc) is 2.82. The van der Waals surface area contributed by atoms with Crippen LogP contribution in [0.25, 0.3) is 0 Å². The van der Waals surface area contributed by atoms with Gasteiger partial charge in [0.25, 0.3) is 0 Å². The van der Waals surface area contributed by atoms with Crippen LogP contribution in [0.4, 0.5) is 0 Å². The van der Waals surface area contributed by atoms with Crippen LogP contribution < -0.4 is 0 Å². The van der Waals surface area contributed by atoms with Gasteiger partial charge in [0.15, 0.2) is 0 Å². The van der Waals surface area contributed by atoms with Gasteiger partial charge < -0.3 is 9.64 Å². The van der Waals surface area contributed by atoms with E-state index in [9.17, 15) is 0 Å². The zero-order valence-electron chi connectivity index (χ0n) is 18.1. The highest BCUT2D eigenvalue weighted by Gasteiger charge is 2.44. The Morgan fingerprint density at radius 2 is 1.23 bits per heavy atom. The van der Waals surface area contributed by atoms with Gasteiger partial charge in [0.1, 0.15) is 0 Å². The molecule has 3 nitrogen and oxygen atoms in total. The molecule has 3 aromatic rings. The van der Waals surface area contributed by atoms with Crippen molar-refractivity contribution < 1.29 is 4.74 Å². The molecule has 1 saturated heterocycles. The SMILES string of the molecule is COCC[C@H]1CN(C(c2ccccc2)(c2ccccc2)c2ccccc2)CCN1C. The highest BCUT2D eigenvalue weighted by molar-refractivity contribution is 5.49. The number of hydrogen-bond acceptors (Lipinski definition) is 3. The second-order valence-corrected chi connectivity index (χ2v) is 8.17. The van der Waals surface area contributed by atoms with E-state index >= 15 is 0 Å². The third kappa shape index (κ3) is 3.93. The minimum atomic E-state index is -0.323. The third-order valence-corrected chi connectivity index (χ3v) is 6.48. The van der Waals surface area contributed by atoms with Gasteiger partial charge in [0.2, 0.25) is 0 Å². The number of hydrogen-bond donors (Lipinski definition) is 0. The lowest BCUT2D eigenvalue weighted by Gasteiger charge is -2.51. The first-order valence-corrected chi connectivity index (χ1v) is 10.9. The van der Waals surface area contributed by atoms with E-state index in [4.69, 9.17) is 4.74 Å². The molecule has 0 unspecified atom stereocenters. The van der Waals surface area contributed by atoms with Crippen LogP contribution in [0.2, 0.25) is 0 Å². The second-order valence-electron chi connectivity index (χ2n) is 8.17. The fourth-order valence-electron chi connectivity index (χ4n) is 4.90. The topological polar surface area (TPSA) is 15.7 Å². The fraction of sp³-hybridized carbons (Fsp3) is 0.333. The third-order valence-electron chi connectivity index (χ3n) is 6.48. The molecule has 0 radical (unpaired) electrons. The van der Waals surface area contributed by atoms with E-state index in [1.165, 1.54) is 16.7 Å². The number of methoxy groups -OCH3 is 1. The van der Waals surface area contributed by atoms with Crippen molar-refractivity contribution in [3.8, 4) is 0 Å². The van der Waals surface area contributed by atoms with Gasteiger partial charge in [-0.15, -0.1) is 0 Å². The Morgan fingerprint density at radius 1 is 0.767 bits per heavy atom. The molecule has 1 aliphatic rings. The Balaban J connectivity index is 1.89. The van der Waals surface area contributed by atoms with Crippen molar-refractivity contribution in [2.75, 3.05) is 40.4 Å². The molecule has 0 spiro atoms. The largest absolute Gasteiger partial charge is 0.385 e. The zero-order valence-corrected chi connectivity index (χ0v) is 18.1. The number of rotatable bonds is 7. The number of nitrogens with zero attached hydrogens (tertiary/aromatic N) is 2. The predicted molar refractivity (Wildman–Crippen MR) is 124 cm³/mol. The molecule has 0 N–H and O–H groups in total. The molecule has 1 atom stereocenters. The highest BCUT2D eigenvalue weighted by Crippen LogP contribution is 2.43. The van der Waals surface area contributed by atoms with E-state index in [1.54, 1.807) is 7.11 Å². The first-order chi connectivity index (χ1) is 14.8. The van der Waals surface area contributed by atoms with Crippen molar-refractivity contribution in [2.24, 2.45) is 0 Å². The summed E-state index contributed by atoms with van der Waals surface area (Å²) in [7, 11) is 4.04. The maximum atomic E-state index is 5.42. The van der Waals surface area contributed by atoms with E-state index in [0.717, 1.165) is 32.7 Å². The zero-order chi connectivity index (χ0) is 20.8. The molecule has 0 aliphatic carbocycles. The van der Waals surface area contributed by atoms with Gasteiger partial charge in [-0.3, -0.25) is 4.90 Å². The molecule has 0 saturated carbocycles. The molecule has 156 valence electrons. The Morgan fingerprint density at radius 3 is 1.67 bits per heavy atom. The van der Waals surface area contributed by atoms with Crippen LogP contribution in [0.1, 0.15) is 23.1 Å². The summed E-state index contributed by atoms with van der Waals surface area (Å²) in [5, 5.41) is 0. The minimum Gasteiger partial charge on any atom is -0.385 e. The van der Waals surface area contributed by atoms with Crippen LogP contribution in [-0.4, -0.2) is 56.2 Å². The van der Waals surface area contributed by atoms with E-state index in [2.05, 4.69) is 108 Å². The van der Waals surface area contributed by atoms with Crippen molar-refractivity contribution in [2.45, 2.75) is 18.0 Å². The fourth-order valence-corrected chi connectivity index (χ4v) is 4.90. The van der Waals surface area contributed by atoms with Gasteiger partial charge >= 0.3 is 0 Å². The summed E-state index contributed by atoms with van der Waals surface area (Å²) < 4.78 is 5.42. The molecule has 1 aliphatic heterocycles. The summed E-state index contributed by atoms with van der Waals surface area (Å²) in [6, 6.07) is 33.4. The van der Waals surface area contributed by atoms with Gasteiger partial charge in [-0.2, -0.15) is 0 Å². The van der Waals surface area contributed by atoms with E-state index in [0.29, 0.717) is 6.04 Å². The lowest BCUT2D eigenvalue weighted by Crippen LogP contribution is -2.59. The molecular formula is C27H32N2O. The summed E-state index contributed by atoms with van der Waals surface area (Å²) in [4.78, 5) is 5.18. The second kappa shape index (κ2) is 9.57. The van der Waals surface area contributed by atoms with Crippen LogP contribution in [0.3, 0.4) is 0 Å². The smallest absolute Gasteiger partial charge is 0.0973 e. The van der Waals surface area contributed by atoms with Crippen LogP contribution in [-0.2, 0) is 10.3 Å². The van der Waals surface area contributed by atoms with Crippen molar-refractivity contribution in [3.63, 3.8) is 0 Å². The van der Waals surface area contributed by atoms with Gasteiger partial charge in [-0.05, 0) is 30.2 Å². The summed E-state index contributed by atoms with van der Waals surface area (Å²) >= 11 is 0. The number of likely N-dealkylation sites (N-methyl/N-ethyl adjacent to an activating group) is 1. The summed E-state index contributed by atoms with van der Waals surface area (Å²) in [6.07, 6.45) is 1.04. The normalized spacial score (nSPS) is 18.4. The molecule has 1 heterocycles. The molecule has 1 fully saturated rings. The first-order valence-electron chi connectivity index (χ1n) is 10.9. The summed E-state index contributed by atoms with van der Waals surface area (Å²) in [6.45, 7) is 3.84. The monoisotopic (exact) mass is 400 g/mol. The lowest BCUT2D eigenvalue weighted by atomic mass is 9.75. The number of ether oxygens (including phenoxy) is 1. The summed E-state index contributed by atoms with van der Waals surface area (Å²) in [5.41, 5.74) is 3.63. The molecule has 0 amide bonds. The Labute approximate surface area is 180 Å². The number of benzene rings is 3. The van der Waals surface area contributed by atoms with Gasteiger partial charge in [0, 0.05) is 39.4 Å². The predicted octanol–water partition coefficient (Wildman–Crippen LogP) is 4.63. The molecule has 4 rings (SSSR count).